The second kappa shape index (κ2) is 7.05. The third-order valence-electron chi connectivity index (χ3n) is 5.24. The van der Waals surface area contributed by atoms with Crippen LogP contribution in [0, 0.1) is 6.92 Å². The number of hydrogen-bond acceptors (Lipinski definition) is 5. The maximum atomic E-state index is 5.53. The molecule has 0 radical (unpaired) electrons. The van der Waals surface area contributed by atoms with Crippen LogP contribution in [0.4, 0.5) is 5.82 Å². The van der Waals surface area contributed by atoms with E-state index in [4.69, 9.17) is 9.72 Å². The number of aromatic amines is 1. The predicted molar refractivity (Wildman–Crippen MR) is 110 cm³/mol. The van der Waals surface area contributed by atoms with E-state index < -0.39 is 0 Å². The van der Waals surface area contributed by atoms with Crippen molar-refractivity contribution < 1.29 is 4.74 Å². The lowest BCUT2D eigenvalue weighted by atomic mass is 9.96. The molecule has 1 fully saturated rings. The maximum Gasteiger partial charge on any atom is 0.130 e. The van der Waals surface area contributed by atoms with Crippen LogP contribution in [0.25, 0.3) is 33.4 Å². The smallest absolute Gasteiger partial charge is 0.130 e. The molecule has 0 amide bonds. The molecule has 28 heavy (non-hydrogen) atoms. The van der Waals surface area contributed by atoms with Gasteiger partial charge in [0.15, 0.2) is 0 Å². The Morgan fingerprint density at radius 2 is 1.86 bits per heavy atom. The third kappa shape index (κ3) is 2.92. The summed E-state index contributed by atoms with van der Waals surface area (Å²) in [5, 5.41) is 8.21. The maximum absolute atomic E-state index is 5.53. The number of anilines is 1. The summed E-state index contributed by atoms with van der Waals surface area (Å²) in [6, 6.07) is 14.7. The molecule has 1 aliphatic rings. The van der Waals surface area contributed by atoms with Gasteiger partial charge in [0.1, 0.15) is 17.0 Å². The fourth-order valence-electron chi connectivity index (χ4n) is 3.78. The Kier molecular flexibility index (Phi) is 4.25. The Morgan fingerprint density at radius 3 is 2.64 bits per heavy atom. The van der Waals surface area contributed by atoms with Crippen LogP contribution in [0.3, 0.4) is 0 Å². The van der Waals surface area contributed by atoms with E-state index in [2.05, 4.69) is 57.3 Å². The summed E-state index contributed by atoms with van der Waals surface area (Å²) < 4.78 is 5.53. The predicted octanol–water partition coefficient (Wildman–Crippen LogP) is 3.83. The molecule has 0 saturated carbocycles. The lowest BCUT2D eigenvalue weighted by molar-refractivity contribution is 0.122. The van der Waals surface area contributed by atoms with Gasteiger partial charge in [-0.1, -0.05) is 24.3 Å². The van der Waals surface area contributed by atoms with Gasteiger partial charge in [0, 0.05) is 30.9 Å². The van der Waals surface area contributed by atoms with E-state index in [9.17, 15) is 0 Å². The standard InChI is InChI=1S/C22H21N5O/c1-15-4-2-3-5-16(15)18-14-20(27-10-12-28-13-11-27)25-21-17(18)6-8-23-22(21)19-7-9-24-26-19/h2-9,14H,10-13H2,1H3,(H,24,26). The van der Waals surface area contributed by atoms with Gasteiger partial charge in [-0.3, -0.25) is 10.1 Å². The van der Waals surface area contributed by atoms with Gasteiger partial charge >= 0.3 is 0 Å². The lowest BCUT2D eigenvalue weighted by Crippen LogP contribution is -2.36. The number of H-pyrrole nitrogens is 1. The summed E-state index contributed by atoms with van der Waals surface area (Å²) in [5.41, 5.74) is 6.20. The van der Waals surface area contributed by atoms with Crippen LogP contribution in [-0.2, 0) is 4.74 Å². The molecule has 1 aromatic carbocycles. The highest BCUT2D eigenvalue weighted by Crippen LogP contribution is 2.36. The SMILES string of the molecule is Cc1ccccc1-c1cc(N2CCOCC2)nc2c(-c3ccn[nH]3)nccc12. The highest BCUT2D eigenvalue weighted by atomic mass is 16.5. The molecule has 0 bridgehead atoms. The van der Waals surface area contributed by atoms with Crippen LogP contribution in [0.5, 0.6) is 0 Å². The molecule has 0 atom stereocenters. The van der Waals surface area contributed by atoms with Crippen LogP contribution in [0.2, 0.25) is 0 Å². The average molecular weight is 371 g/mol. The fourth-order valence-corrected chi connectivity index (χ4v) is 3.78. The Morgan fingerprint density at radius 1 is 1.00 bits per heavy atom. The number of nitrogens with zero attached hydrogens (tertiary/aromatic N) is 4. The first kappa shape index (κ1) is 16.9. The second-order valence-electron chi connectivity index (χ2n) is 6.97. The molecular weight excluding hydrogens is 350 g/mol. The van der Waals surface area contributed by atoms with Crippen molar-refractivity contribution in [2.75, 3.05) is 31.2 Å². The van der Waals surface area contributed by atoms with E-state index in [-0.39, 0.29) is 0 Å². The quantitative estimate of drug-likeness (QED) is 0.593. The van der Waals surface area contributed by atoms with Crippen LogP contribution >= 0.6 is 0 Å². The van der Waals surface area contributed by atoms with E-state index >= 15 is 0 Å². The van der Waals surface area contributed by atoms with E-state index in [1.165, 1.54) is 16.7 Å². The Balaban J connectivity index is 1.80. The Labute approximate surface area is 163 Å². The zero-order chi connectivity index (χ0) is 18.9. The normalized spacial score (nSPS) is 14.5. The van der Waals surface area contributed by atoms with Crippen molar-refractivity contribution in [3.05, 3.63) is 60.4 Å². The third-order valence-corrected chi connectivity index (χ3v) is 5.24. The summed E-state index contributed by atoms with van der Waals surface area (Å²) >= 11 is 0. The first-order valence-electron chi connectivity index (χ1n) is 9.49. The molecule has 0 aliphatic carbocycles. The molecule has 1 aliphatic heterocycles. The van der Waals surface area contributed by atoms with Crippen molar-refractivity contribution in [1.29, 1.82) is 0 Å². The van der Waals surface area contributed by atoms with E-state index in [0.29, 0.717) is 0 Å². The molecule has 0 unspecified atom stereocenters. The first-order valence-corrected chi connectivity index (χ1v) is 9.49. The molecule has 5 rings (SSSR count). The van der Waals surface area contributed by atoms with Gasteiger partial charge in [0.2, 0.25) is 0 Å². The second-order valence-corrected chi connectivity index (χ2v) is 6.97. The number of pyridine rings is 2. The molecule has 4 heterocycles. The van der Waals surface area contributed by atoms with Gasteiger partial charge < -0.3 is 9.64 Å². The highest BCUT2D eigenvalue weighted by Gasteiger charge is 2.19. The summed E-state index contributed by atoms with van der Waals surface area (Å²) in [6.07, 6.45) is 3.58. The zero-order valence-electron chi connectivity index (χ0n) is 15.7. The fraction of sp³-hybridized carbons (Fsp3) is 0.227. The molecule has 0 spiro atoms. The van der Waals surface area contributed by atoms with Crippen LogP contribution in [0.15, 0.2) is 54.9 Å². The average Bonchev–Trinajstić information content (AvgIpc) is 3.28. The number of aromatic nitrogens is 4. The van der Waals surface area contributed by atoms with Crippen molar-refractivity contribution in [2.45, 2.75) is 6.92 Å². The van der Waals surface area contributed by atoms with Crippen molar-refractivity contribution >= 4 is 16.7 Å². The van der Waals surface area contributed by atoms with E-state index in [1.54, 1.807) is 6.20 Å². The number of benzene rings is 1. The van der Waals surface area contributed by atoms with Gasteiger partial charge in [-0.2, -0.15) is 5.10 Å². The van der Waals surface area contributed by atoms with Crippen LogP contribution in [0.1, 0.15) is 5.56 Å². The molecule has 140 valence electrons. The molecule has 3 aromatic heterocycles. The lowest BCUT2D eigenvalue weighted by Gasteiger charge is -2.28. The number of hydrogen-bond donors (Lipinski definition) is 1. The molecule has 4 aromatic rings. The Bertz CT molecular complexity index is 1120. The minimum Gasteiger partial charge on any atom is -0.378 e. The van der Waals surface area contributed by atoms with Crippen molar-refractivity contribution in [1.82, 2.24) is 20.2 Å². The number of fused-ring (bicyclic) bond motifs is 1. The van der Waals surface area contributed by atoms with Gasteiger partial charge in [0.25, 0.3) is 0 Å². The largest absolute Gasteiger partial charge is 0.378 e. The highest BCUT2D eigenvalue weighted by molar-refractivity contribution is 6.02. The topological polar surface area (TPSA) is 66.9 Å². The van der Waals surface area contributed by atoms with Crippen LogP contribution in [-0.4, -0.2) is 46.5 Å². The number of nitrogens with one attached hydrogen (secondary N) is 1. The van der Waals surface area contributed by atoms with E-state index in [1.807, 2.05) is 18.3 Å². The number of morpholine rings is 1. The van der Waals surface area contributed by atoms with Gasteiger partial charge in [-0.25, -0.2) is 4.98 Å². The number of ether oxygens (including phenoxy) is 1. The van der Waals surface area contributed by atoms with Gasteiger partial charge in [-0.15, -0.1) is 0 Å². The van der Waals surface area contributed by atoms with Gasteiger partial charge in [0.05, 0.1) is 18.9 Å². The minimum atomic E-state index is 0.722. The summed E-state index contributed by atoms with van der Waals surface area (Å²) in [6.45, 7) is 5.27. The molecule has 1 saturated heterocycles. The zero-order valence-corrected chi connectivity index (χ0v) is 15.7. The number of rotatable bonds is 3. The summed E-state index contributed by atoms with van der Waals surface area (Å²) in [4.78, 5) is 11.9. The minimum absolute atomic E-state index is 0.722. The van der Waals surface area contributed by atoms with E-state index in [0.717, 1.165) is 54.4 Å². The van der Waals surface area contributed by atoms with Gasteiger partial charge in [-0.05, 0) is 41.8 Å². The van der Waals surface area contributed by atoms with Crippen molar-refractivity contribution in [2.24, 2.45) is 0 Å². The Hall–Kier alpha value is -3.25. The van der Waals surface area contributed by atoms with Crippen molar-refractivity contribution in [3.63, 3.8) is 0 Å². The summed E-state index contributed by atoms with van der Waals surface area (Å²) in [7, 11) is 0. The molecule has 6 heteroatoms. The molecule has 6 nitrogen and oxygen atoms in total. The summed E-state index contributed by atoms with van der Waals surface area (Å²) in [5.74, 6) is 0.961. The van der Waals surface area contributed by atoms with Crippen molar-refractivity contribution in [3.8, 4) is 22.5 Å². The first-order chi connectivity index (χ1) is 13.8. The molecule has 1 N–H and O–H groups in total. The number of aryl methyl sites for hydroxylation is 1. The monoisotopic (exact) mass is 371 g/mol. The van der Waals surface area contributed by atoms with Crippen LogP contribution < -0.4 is 4.90 Å². The molecular formula is C22H21N5O.